The van der Waals surface area contributed by atoms with Gasteiger partial charge in [0.15, 0.2) is 5.78 Å². The van der Waals surface area contributed by atoms with E-state index in [1.165, 1.54) is 31.2 Å². The SMILES string of the molecule is O=C(c1ccccc1)[C@@H]1CN(C2CCCC2)[C@@H]1c1ccccc1. The van der Waals surface area contributed by atoms with E-state index < -0.39 is 0 Å². The van der Waals surface area contributed by atoms with E-state index in [1.54, 1.807) is 0 Å². The fourth-order valence-electron chi connectivity index (χ4n) is 4.26. The number of hydrogen-bond acceptors (Lipinski definition) is 2. The lowest BCUT2D eigenvalue weighted by molar-refractivity contribution is -0.0126. The molecule has 0 aromatic heterocycles. The summed E-state index contributed by atoms with van der Waals surface area (Å²) in [5.41, 5.74) is 2.14. The van der Waals surface area contributed by atoms with Gasteiger partial charge in [-0.1, -0.05) is 73.5 Å². The smallest absolute Gasteiger partial charge is 0.169 e. The molecule has 2 nitrogen and oxygen atoms in total. The fraction of sp³-hybridized carbons (Fsp3) is 0.381. The summed E-state index contributed by atoms with van der Waals surface area (Å²) in [7, 11) is 0. The second-order valence-corrected chi connectivity index (χ2v) is 6.83. The Hall–Kier alpha value is -1.93. The van der Waals surface area contributed by atoms with Crippen molar-refractivity contribution in [3.63, 3.8) is 0 Å². The number of ketones is 1. The number of carbonyl (C=O) groups is 1. The lowest BCUT2D eigenvalue weighted by atomic mass is 9.77. The average Bonchev–Trinajstić information content (AvgIpc) is 3.10. The van der Waals surface area contributed by atoms with Crippen molar-refractivity contribution in [2.24, 2.45) is 5.92 Å². The molecule has 4 rings (SSSR count). The molecular formula is C21H23NO. The van der Waals surface area contributed by atoms with Crippen LogP contribution in [0.25, 0.3) is 0 Å². The Morgan fingerprint density at radius 2 is 1.48 bits per heavy atom. The maximum atomic E-state index is 12.9. The first-order chi connectivity index (χ1) is 11.3. The molecular weight excluding hydrogens is 282 g/mol. The Kier molecular flexibility index (Phi) is 4.00. The Labute approximate surface area is 138 Å². The van der Waals surface area contributed by atoms with E-state index in [-0.39, 0.29) is 12.0 Å². The van der Waals surface area contributed by atoms with Crippen LogP contribution in [0.5, 0.6) is 0 Å². The van der Waals surface area contributed by atoms with Crippen molar-refractivity contribution in [1.29, 1.82) is 0 Å². The van der Waals surface area contributed by atoms with Crippen molar-refractivity contribution >= 4 is 5.78 Å². The van der Waals surface area contributed by atoms with Crippen LogP contribution in [0.2, 0.25) is 0 Å². The summed E-state index contributed by atoms with van der Waals surface area (Å²) >= 11 is 0. The molecule has 0 amide bonds. The van der Waals surface area contributed by atoms with E-state index in [1.807, 2.05) is 30.3 Å². The minimum atomic E-state index is 0.0976. The van der Waals surface area contributed by atoms with Crippen molar-refractivity contribution in [3.05, 3.63) is 71.8 Å². The molecule has 1 saturated heterocycles. The number of Topliss-reactive ketones (excluding diaryl/α,β-unsaturated/α-hetero) is 1. The predicted octanol–water partition coefficient (Wildman–Crippen LogP) is 4.49. The van der Waals surface area contributed by atoms with Crippen LogP contribution in [0.1, 0.15) is 47.6 Å². The molecule has 2 heteroatoms. The van der Waals surface area contributed by atoms with Gasteiger partial charge in [0.05, 0.1) is 5.92 Å². The molecule has 1 saturated carbocycles. The van der Waals surface area contributed by atoms with Crippen molar-refractivity contribution in [2.75, 3.05) is 6.54 Å². The highest BCUT2D eigenvalue weighted by molar-refractivity contribution is 5.99. The van der Waals surface area contributed by atoms with Gasteiger partial charge in [0.1, 0.15) is 0 Å². The summed E-state index contributed by atoms with van der Waals surface area (Å²) in [5, 5.41) is 0. The van der Waals surface area contributed by atoms with Crippen LogP contribution in [-0.2, 0) is 0 Å². The van der Waals surface area contributed by atoms with Gasteiger partial charge in [-0.15, -0.1) is 0 Å². The summed E-state index contributed by atoms with van der Waals surface area (Å²) in [6.07, 6.45) is 5.24. The Balaban J connectivity index is 1.61. The van der Waals surface area contributed by atoms with Crippen molar-refractivity contribution in [3.8, 4) is 0 Å². The van der Waals surface area contributed by atoms with Crippen LogP contribution in [0.4, 0.5) is 0 Å². The molecule has 2 atom stereocenters. The molecule has 2 aromatic rings. The van der Waals surface area contributed by atoms with Gasteiger partial charge in [-0.2, -0.15) is 0 Å². The van der Waals surface area contributed by atoms with E-state index >= 15 is 0 Å². The predicted molar refractivity (Wildman–Crippen MR) is 92.4 cm³/mol. The molecule has 0 spiro atoms. The summed E-state index contributed by atoms with van der Waals surface area (Å²) in [5.74, 6) is 0.397. The second-order valence-electron chi connectivity index (χ2n) is 6.83. The first-order valence-electron chi connectivity index (χ1n) is 8.74. The van der Waals surface area contributed by atoms with E-state index in [9.17, 15) is 4.79 Å². The highest BCUT2D eigenvalue weighted by Gasteiger charge is 2.47. The van der Waals surface area contributed by atoms with Crippen LogP contribution in [0.15, 0.2) is 60.7 Å². The second kappa shape index (κ2) is 6.29. The molecule has 1 aliphatic heterocycles. The minimum absolute atomic E-state index is 0.0976. The first-order valence-corrected chi connectivity index (χ1v) is 8.74. The normalized spacial score (nSPS) is 25.2. The van der Waals surface area contributed by atoms with Crippen molar-refractivity contribution in [1.82, 2.24) is 4.90 Å². The number of carbonyl (C=O) groups excluding carboxylic acids is 1. The third-order valence-corrected chi connectivity index (χ3v) is 5.48. The molecule has 23 heavy (non-hydrogen) atoms. The molecule has 1 aliphatic carbocycles. The average molecular weight is 305 g/mol. The molecule has 0 bridgehead atoms. The maximum Gasteiger partial charge on any atom is 0.169 e. The van der Waals surface area contributed by atoms with Gasteiger partial charge < -0.3 is 0 Å². The lowest BCUT2D eigenvalue weighted by Crippen LogP contribution is -2.56. The molecule has 118 valence electrons. The fourth-order valence-corrected chi connectivity index (χ4v) is 4.26. The van der Waals surface area contributed by atoms with Crippen molar-refractivity contribution < 1.29 is 4.79 Å². The quantitative estimate of drug-likeness (QED) is 0.776. The Bertz CT molecular complexity index is 661. The van der Waals surface area contributed by atoms with Gasteiger partial charge in [-0.05, 0) is 18.4 Å². The van der Waals surface area contributed by atoms with Crippen molar-refractivity contribution in [2.45, 2.75) is 37.8 Å². The number of rotatable bonds is 4. The standard InChI is InChI=1S/C21H23NO/c23-21(17-11-5-2-6-12-17)19-15-22(18-13-7-8-14-18)20(19)16-9-3-1-4-10-16/h1-6,9-12,18-20H,7-8,13-15H2/t19-,20-/m1/s1. The summed E-state index contributed by atoms with van der Waals surface area (Å²) < 4.78 is 0. The minimum Gasteiger partial charge on any atom is -0.294 e. The summed E-state index contributed by atoms with van der Waals surface area (Å²) in [6.45, 7) is 0.915. The van der Waals surface area contributed by atoms with Gasteiger partial charge in [0, 0.05) is 24.2 Å². The van der Waals surface area contributed by atoms with E-state index in [2.05, 4.69) is 35.2 Å². The molecule has 0 unspecified atom stereocenters. The van der Waals surface area contributed by atoms with Gasteiger partial charge in [0.25, 0.3) is 0 Å². The third kappa shape index (κ3) is 2.72. The third-order valence-electron chi connectivity index (χ3n) is 5.48. The van der Waals surface area contributed by atoms with Gasteiger partial charge >= 0.3 is 0 Å². The zero-order valence-corrected chi connectivity index (χ0v) is 13.4. The first kappa shape index (κ1) is 14.6. The topological polar surface area (TPSA) is 20.3 Å². The van der Waals surface area contributed by atoms with Crippen LogP contribution in [0.3, 0.4) is 0 Å². The van der Waals surface area contributed by atoms with Crippen LogP contribution < -0.4 is 0 Å². The lowest BCUT2D eigenvalue weighted by Gasteiger charge is -2.51. The largest absolute Gasteiger partial charge is 0.294 e. The maximum absolute atomic E-state index is 12.9. The van der Waals surface area contributed by atoms with Gasteiger partial charge in [0.2, 0.25) is 0 Å². The Morgan fingerprint density at radius 1 is 0.870 bits per heavy atom. The number of benzene rings is 2. The van der Waals surface area contributed by atoms with Crippen LogP contribution in [-0.4, -0.2) is 23.3 Å². The molecule has 1 heterocycles. The molecule has 2 fully saturated rings. The van der Waals surface area contributed by atoms with E-state index in [4.69, 9.17) is 0 Å². The van der Waals surface area contributed by atoms with Crippen LogP contribution in [0, 0.1) is 5.92 Å². The van der Waals surface area contributed by atoms with Crippen LogP contribution >= 0.6 is 0 Å². The Morgan fingerprint density at radius 3 is 2.13 bits per heavy atom. The molecule has 2 aromatic carbocycles. The zero-order valence-electron chi connectivity index (χ0n) is 13.4. The van der Waals surface area contributed by atoms with E-state index in [0.29, 0.717) is 11.8 Å². The monoisotopic (exact) mass is 305 g/mol. The molecule has 2 aliphatic rings. The summed E-state index contributed by atoms with van der Waals surface area (Å²) in [4.78, 5) is 15.5. The number of nitrogens with zero attached hydrogens (tertiary/aromatic N) is 1. The number of hydrogen-bond donors (Lipinski definition) is 0. The number of likely N-dealkylation sites (tertiary alicyclic amines) is 1. The molecule has 0 N–H and O–H groups in total. The molecule has 0 radical (unpaired) electrons. The highest BCUT2D eigenvalue weighted by Crippen LogP contribution is 2.45. The summed E-state index contributed by atoms with van der Waals surface area (Å²) in [6, 6.07) is 21.3. The van der Waals surface area contributed by atoms with Gasteiger partial charge in [-0.3, -0.25) is 9.69 Å². The zero-order chi connectivity index (χ0) is 15.6. The van der Waals surface area contributed by atoms with E-state index in [0.717, 1.165) is 12.1 Å². The van der Waals surface area contributed by atoms with Gasteiger partial charge in [-0.25, -0.2) is 0 Å². The highest BCUT2D eigenvalue weighted by atomic mass is 16.1.